The molecule has 0 spiro atoms. The first-order chi connectivity index (χ1) is 10.2. The molecule has 4 nitrogen and oxygen atoms in total. The monoisotopic (exact) mass is 290 g/mol. The largest absolute Gasteiger partial charge is 0.396 e. The number of hydrogen-bond donors (Lipinski definition) is 3. The molecule has 1 aromatic carbocycles. The number of nitrogens with one attached hydrogen (secondary N) is 2. The van der Waals surface area contributed by atoms with Gasteiger partial charge in [-0.05, 0) is 36.6 Å². The summed E-state index contributed by atoms with van der Waals surface area (Å²) in [6, 6.07) is 4.54. The standard InChI is InChI=1S/C16H19FN2O2/c17-11-2-4-15-13(8-11)14(5-6-16(21)19-15)18-12-3-1-10(7-12)9-20/h1-4,8,10,12,14,18,20H,5-7,9H2,(H,19,21)/t10-,12+,14?/m0/s1. The van der Waals surface area contributed by atoms with E-state index in [4.69, 9.17) is 0 Å². The van der Waals surface area contributed by atoms with E-state index in [9.17, 15) is 14.3 Å². The predicted octanol–water partition coefficient (Wildman–Crippen LogP) is 2.13. The minimum absolute atomic E-state index is 0.0395. The van der Waals surface area contributed by atoms with Crippen LogP contribution in [0.4, 0.5) is 10.1 Å². The van der Waals surface area contributed by atoms with Gasteiger partial charge in [0.05, 0.1) is 0 Å². The summed E-state index contributed by atoms with van der Waals surface area (Å²) in [6.07, 6.45) is 5.92. The van der Waals surface area contributed by atoms with Crippen LogP contribution < -0.4 is 10.6 Å². The van der Waals surface area contributed by atoms with Crippen molar-refractivity contribution < 1.29 is 14.3 Å². The van der Waals surface area contributed by atoms with E-state index in [2.05, 4.69) is 10.6 Å². The van der Waals surface area contributed by atoms with Crippen molar-refractivity contribution in [3.05, 3.63) is 41.7 Å². The van der Waals surface area contributed by atoms with E-state index in [0.717, 1.165) is 12.0 Å². The number of carbonyl (C=O) groups excluding carboxylic acids is 1. The molecule has 112 valence electrons. The SMILES string of the molecule is O=C1CCC(N[C@@H]2C=C[C@H](CO)C2)c2cc(F)ccc2N1. The summed E-state index contributed by atoms with van der Waals surface area (Å²) in [5.41, 5.74) is 1.47. The van der Waals surface area contributed by atoms with Crippen molar-refractivity contribution in [1.82, 2.24) is 5.32 Å². The third kappa shape index (κ3) is 3.14. The van der Waals surface area contributed by atoms with Gasteiger partial charge < -0.3 is 15.7 Å². The maximum Gasteiger partial charge on any atom is 0.224 e. The topological polar surface area (TPSA) is 61.4 Å². The maximum atomic E-state index is 13.5. The molecule has 2 aliphatic rings. The molecule has 1 amide bonds. The molecule has 3 rings (SSSR count). The Morgan fingerprint density at radius 1 is 1.38 bits per heavy atom. The molecule has 0 bridgehead atoms. The fourth-order valence-corrected chi connectivity index (χ4v) is 3.04. The summed E-state index contributed by atoms with van der Waals surface area (Å²) in [4.78, 5) is 11.7. The fraction of sp³-hybridized carbons (Fsp3) is 0.438. The summed E-state index contributed by atoms with van der Waals surface area (Å²) in [5.74, 6) is -0.158. The molecule has 0 radical (unpaired) electrons. The van der Waals surface area contributed by atoms with Crippen molar-refractivity contribution in [2.45, 2.75) is 31.3 Å². The zero-order valence-corrected chi connectivity index (χ0v) is 11.7. The summed E-state index contributed by atoms with van der Waals surface area (Å²) in [5, 5.41) is 15.5. The van der Waals surface area contributed by atoms with Gasteiger partial charge in [0.15, 0.2) is 0 Å². The van der Waals surface area contributed by atoms with E-state index in [1.165, 1.54) is 12.1 Å². The molecule has 1 aliphatic carbocycles. The number of aliphatic hydroxyl groups excluding tert-OH is 1. The maximum absolute atomic E-state index is 13.5. The highest BCUT2D eigenvalue weighted by molar-refractivity contribution is 5.92. The van der Waals surface area contributed by atoms with Crippen molar-refractivity contribution in [2.75, 3.05) is 11.9 Å². The van der Waals surface area contributed by atoms with E-state index in [1.54, 1.807) is 6.07 Å². The molecular weight excluding hydrogens is 271 g/mol. The van der Waals surface area contributed by atoms with Crippen LogP contribution in [0.2, 0.25) is 0 Å². The molecule has 0 saturated carbocycles. The zero-order chi connectivity index (χ0) is 14.8. The van der Waals surface area contributed by atoms with E-state index < -0.39 is 0 Å². The molecule has 3 N–H and O–H groups in total. The average molecular weight is 290 g/mol. The van der Waals surface area contributed by atoms with Crippen molar-refractivity contribution in [3.63, 3.8) is 0 Å². The highest BCUT2D eigenvalue weighted by Crippen LogP contribution is 2.32. The van der Waals surface area contributed by atoms with Crippen LogP contribution in [0, 0.1) is 11.7 Å². The van der Waals surface area contributed by atoms with Crippen LogP contribution in [-0.4, -0.2) is 23.7 Å². The Hall–Kier alpha value is -1.72. The number of hydrogen-bond acceptors (Lipinski definition) is 3. The normalized spacial score (nSPS) is 28.1. The zero-order valence-electron chi connectivity index (χ0n) is 11.7. The molecule has 1 aliphatic heterocycles. The van der Waals surface area contributed by atoms with Gasteiger partial charge >= 0.3 is 0 Å². The molecule has 21 heavy (non-hydrogen) atoms. The first-order valence-electron chi connectivity index (χ1n) is 7.30. The van der Waals surface area contributed by atoms with Crippen molar-refractivity contribution in [1.29, 1.82) is 0 Å². The number of anilines is 1. The van der Waals surface area contributed by atoms with Gasteiger partial charge in [0, 0.05) is 36.7 Å². The van der Waals surface area contributed by atoms with Crippen LogP contribution >= 0.6 is 0 Å². The van der Waals surface area contributed by atoms with Gasteiger partial charge in [-0.2, -0.15) is 0 Å². The Bertz CT molecular complexity index is 573. The Kier molecular flexibility index (Phi) is 4.03. The van der Waals surface area contributed by atoms with Crippen molar-refractivity contribution in [2.24, 2.45) is 5.92 Å². The lowest BCUT2D eigenvalue weighted by molar-refractivity contribution is -0.116. The molecule has 0 aromatic heterocycles. The van der Waals surface area contributed by atoms with Crippen molar-refractivity contribution in [3.8, 4) is 0 Å². The third-order valence-corrected chi connectivity index (χ3v) is 4.15. The molecule has 5 heteroatoms. The Balaban J connectivity index is 1.81. The number of amides is 1. The van der Waals surface area contributed by atoms with Crippen molar-refractivity contribution >= 4 is 11.6 Å². The lowest BCUT2D eigenvalue weighted by Gasteiger charge is -2.23. The first kappa shape index (κ1) is 14.2. The van der Waals surface area contributed by atoms with Crippen LogP contribution in [0.1, 0.15) is 30.9 Å². The van der Waals surface area contributed by atoms with Crippen LogP contribution in [-0.2, 0) is 4.79 Å². The Labute approximate surface area is 123 Å². The van der Waals surface area contributed by atoms with E-state index in [1.807, 2.05) is 12.2 Å². The van der Waals surface area contributed by atoms with Gasteiger partial charge in [0.25, 0.3) is 0 Å². The minimum atomic E-state index is -0.299. The highest BCUT2D eigenvalue weighted by atomic mass is 19.1. The number of benzene rings is 1. The number of rotatable bonds is 3. The van der Waals surface area contributed by atoms with E-state index in [0.29, 0.717) is 18.5 Å². The summed E-state index contributed by atoms with van der Waals surface area (Å²) in [6.45, 7) is 0.143. The fourth-order valence-electron chi connectivity index (χ4n) is 3.04. The molecule has 3 atom stereocenters. The van der Waals surface area contributed by atoms with Gasteiger partial charge in [-0.15, -0.1) is 0 Å². The van der Waals surface area contributed by atoms with E-state index in [-0.39, 0.29) is 36.3 Å². The number of halogens is 1. The Morgan fingerprint density at radius 3 is 3.00 bits per heavy atom. The van der Waals surface area contributed by atoms with Crippen LogP contribution in [0.3, 0.4) is 0 Å². The molecule has 1 heterocycles. The Morgan fingerprint density at radius 2 is 2.24 bits per heavy atom. The van der Waals surface area contributed by atoms with Gasteiger partial charge in [0.1, 0.15) is 5.82 Å². The number of fused-ring (bicyclic) bond motifs is 1. The second kappa shape index (κ2) is 5.95. The number of aliphatic hydroxyl groups is 1. The van der Waals surface area contributed by atoms with Gasteiger partial charge in [-0.3, -0.25) is 4.79 Å². The second-order valence-electron chi connectivity index (χ2n) is 5.71. The molecule has 1 aromatic rings. The first-order valence-corrected chi connectivity index (χ1v) is 7.30. The van der Waals surface area contributed by atoms with Gasteiger partial charge in [-0.25, -0.2) is 4.39 Å². The molecule has 1 unspecified atom stereocenters. The molecular formula is C16H19FN2O2. The average Bonchev–Trinajstić information content (AvgIpc) is 2.87. The summed E-state index contributed by atoms with van der Waals surface area (Å²) in [7, 11) is 0. The smallest absolute Gasteiger partial charge is 0.224 e. The van der Waals surface area contributed by atoms with E-state index >= 15 is 0 Å². The summed E-state index contributed by atoms with van der Waals surface area (Å²) < 4.78 is 13.5. The van der Waals surface area contributed by atoms with Crippen LogP contribution in [0.5, 0.6) is 0 Å². The van der Waals surface area contributed by atoms with Crippen LogP contribution in [0.25, 0.3) is 0 Å². The molecule has 0 saturated heterocycles. The van der Waals surface area contributed by atoms with Gasteiger partial charge in [-0.1, -0.05) is 12.2 Å². The van der Waals surface area contributed by atoms with Crippen LogP contribution in [0.15, 0.2) is 30.4 Å². The summed E-state index contributed by atoms with van der Waals surface area (Å²) >= 11 is 0. The minimum Gasteiger partial charge on any atom is -0.396 e. The predicted molar refractivity (Wildman–Crippen MR) is 78.3 cm³/mol. The highest BCUT2D eigenvalue weighted by Gasteiger charge is 2.26. The molecule has 0 fully saturated rings. The van der Waals surface area contributed by atoms with Gasteiger partial charge in [0.2, 0.25) is 5.91 Å². The lowest BCUT2D eigenvalue weighted by atomic mass is 9.99. The third-order valence-electron chi connectivity index (χ3n) is 4.15. The lowest BCUT2D eigenvalue weighted by Crippen LogP contribution is -2.31. The second-order valence-corrected chi connectivity index (χ2v) is 5.71. The number of carbonyl (C=O) groups is 1. The quantitative estimate of drug-likeness (QED) is 0.747.